The number of unbranched alkanes of at least 4 members (excludes halogenated alkanes) is 20. The third kappa shape index (κ3) is 44.1. The molecule has 0 fully saturated rings. The maximum Gasteiger partial charge on any atom is 0.0949 e. The fraction of sp³-hybridized carbons (Fsp3) is 1.00. The zero-order valence-corrected chi connectivity index (χ0v) is 39.7. The summed E-state index contributed by atoms with van der Waals surface area (Å²) in [7, 11) is 0. The molecule has 0 aliphatic carbocycles. The van der Waals surface area contributed by atoms with Gasteiger partial charge in [-0.3, -0.25) is 9.80 Å². The van der Waals surface area contributed by atoms with E-state index in [1.165, 1.54) is 103 Å². The Balaban J connectivity index is 4.91. The first kappa shape index (κ1) is 59.5. The quantitative estimate of drug-likeness (QED) is 0.0265. The summed E-state index contributed by atoms with van der Waals surface area (Å²) in [6, 6.07) is 0. The molecule has 0 radical (unpaired) electrons. The predicted molar refractivity (Wildman–Crippen MR) is 246 cm³/mol. The lowest BCUT2D eigenvalue weighted by Crippen LogP contribution is -2.43. The predicted octanol–water partition coefficient (Wildman–Crippen LogP) is 8.49. The van der Waals surface area contributed by atoms with Gasteiger partial charge in [-0.1, -0.05) is 156 Å². The molecular formula is C48H100N2O10. The van der Waals surface area contributed by atoms with Crippen molar-refractivity contribution in [2.45, 2.75) is 206 Å². The summed E-state index contributed by atoms with van der Waals surface area (Å²) in [6.07, 6.45) is 25.7. The van der Waals surface area contributed by atoms with E-state index in [1.54, 1.807) is 0 Å². The van der Waals surface area contributed by atoms with Crippen LogP contribution in [0.2, 0.25) is 0 Å². The smallest absolute Gasteiger partial charge is 0.0949 e. The van der Waals surface area contributed by atoms with Gasteiger partial charge < -0.3 is 39.4 Å². The first-order valence-corrected chi connectivity index (χ1v) is 25.1. The number of aliphatic hydroxyl groups excluding tert-OH is 4. The maximum absolute atomic E-state index is 10.8. The minimum atomic E-state index is -0.696. The van der Waals surface area contributed by atoms with Crippen LogP contribution in [-0.2, 0) is 28.7 Å². The van der Waals surface area contributed by atoms with Gasteiger partial charge in [0.25, 0.3) is 0 Å². The number of nitrogens with zero attached hydrogens (tertiary/aromatic N) is 2. The number of hydrogen-bond donors (Lipinski definition) is 4. The first-order chi connectivity index (χ1) is 29.4. The lowest BCUT2D eigenvalue weighted by molar-refractivity contribution is -0.297. The van der Waals surface area contributed by atoms with Gasteiger partial charge >= 0.3 is 0 Å². The topological polar surface area (TPSA) is 143 Å². The number of aliphatic hydroxyl groups is 4. The van der Waals surface area contributed by atoms with E-state index < -0.39 is 24.4 Å². The van der Waals surface area contributed by atoms with Crippen molar-refractivity contribution in [3.05, 3.63) is 0 Å². The van der Waals surface area contributed by atoms with Gasteiger partial charge in [0.15, 0.2) is 0 Å². The molecule has 0 aromatic carbocycles. The van der Waals surface area contributed by atoms with Gasteiger partial charge in [-0.2, -0.15) is 0 Å². The Kier molecular flexibility index (Phi) is 47.6. The molecule has 4 unspecified atom stereocenters. The van der Waals surface area contributed by atoms with Gasteiger partial charge in [-0.25, -0.2) is 9.78 Å². The van der Waals surface area contributed by atoms with E-state index in [1.807, 2.05) is 9.80 Å². The van der Waals surface area contributed by atoms with E-state index in [0.29, 0.717) is 65.7 Å². The lowest BCUT2D eigenvalue weighted by Gasteiger charge is -2.28. The highest BCUT2D eigenvalue weighted by molar-refractivity contribution is 4.70. The van der Waals surface area contributed by atoms with E-state index in [0.717, 1.165) is 51.4 Å². The molecule has 0 aliphatic heterocycles. The van der Waals surface area contributed by atoms with Crippen molar-refractivity contribution < 1.29 is 49.1 Å². The highest BCUT2D eigenvalue weighted by Crippen LogP contribution is 2.09. The van der Waals surface area contributed by atoms with Crippen molar-refractivity contribution in [3.8, 4) is 0 Å². The van der Waals surface area contributed by atoms with Gasteiger partial charge in [0.05, 0.1) is 64.1 Å². The van der Waals surface area contributed by atoms with Crippen LogP contribution in [0.1, 0.15) is 182 Å². The van der Waals surface area contributed by atoms with Crippen molar-refractivity contribution in [1.82, 2.24) is 9.80 Å². The summed E-state index contributed by atoms with van der Waals surface area (Å²) in [6.45, 7) is 15.1. The van der Waals surface area contributed by atoms with Gasteiger partial charge in [0, 0.05) is 65.7 Å². The molecule has 0 bridgehead atoms. The Bertz CT molecular complexity index is 699. The van der Waals surface area contributed by atoms with Crippen molar-refractivity contribution in [2.75, 3.05) is 105 Å². The van der Waals surface area contributed by atoms with Crippen LogP contribution < -0.4 is 0 Å². The average Bonchev–Trinajstić information content (AvgIpc) is 3.22. The number of ether oxygens (including phenoxy) is 4. The molecule has 0 spiro atoms. The third-order valence-corrected chi connectivity index (χ3v) is 10.8. The summed E-state index contributed by atoms with van der Waals surface area (Å²) in [5.74, 6) is 0. The second-order valence-corrected chi connectivity index (χ2v) is 17.1. The molecule has 0 heterocycles. The summed E-state index contributed by atoms with van der Waals surface area (Å²) < 4.78 is 23.2. The molecule has 0 amide bonds. The van der Waals surface area contributed by atoms with Gasteiger partial charge in [0.2, 0.25) is 0 Å². The Hall–Kier alpha value is -0.480. The Morgan fingerprint density at radius 1 is 0.300 bits per heavy atom. The Labute approximate surface area is 369 Å². The van der Waals surface area contributed by atoms with Gasteiger partial charge in [-0.15, -0.1) is 0 Å². The van der Waals surface area contributed by atoms with E-state index in [2.05, 4.69) is 27.7 Å². The molecule has 60 heavy (non-hydrogen) atoms. The van der Waals surface area contributed by atoms with Crippen molar-refractivity contribution in [3.63, 3.8) is 0 Å². The molecule has 0 saturated heterocycles. The van der Waals surface area contributed by atoms with Crippen LogP contribution in [0.5, 0.6) is 0 Å². The van der Waals surface area contributed by atoms with Crippen LogP contribution in [0.4, 0.5) is 0 Å². The molecular weight excluding hydrogens is 765 g/mol. The maximum atomic E-state index is 10.8. The van der Waals surface area contributed by atoms with Crippen LogP contribution in [0, 0.1) is 0 Å². The fourth-order valence-electron chi connectivity index (χ4n) is 7.18. The van der Waals surface area contributed by atoms with Crippen LogP contribution in [0.25, 0.3) is 0 Å². The summed E-state index contributed by atoms with van der Waals surface area (Å²) in [5.41, 5.74) is 0. The second kappa shape index (κ2) is 48.0. The second-order valence-electron chi connectivity index (χ2n) is 17.1. The third-order valence-electron chi connectivity index (χ3n) is 10.8. The van der Waals surface area contributed by atoms with Crippen molar-refractivity contribution in [1.29, 1.82) is 0 Å². The van der Waals surface area contributed by atoms with Crippen LogP contribution in [-0.4, -0.2) is 160 Å². The van der Waals surface area contributed by atoms with Crippen LogP contribution >= 0.6 is 0 Å². The van der Waals surface area contributed by atoms with E-state index in [4.69, 9.17) is 28.7 Å². The fourth-order valence-corrected chi connectivity index (χ4v) is 7.18. The highest BCUT2D eigenvalue weighted by Gasteiger charge is 2.19. The Morgan fingerprint density at radius 2 is 0.517 bits per heavy atom. The average molecular weight is 865 g/mol. The minimum Gasteiger partial charge on any atom is -0.389 e. The monoisotopic (exact) mass is 865 g/mol. The molecule has 0 saturated carbocycles. The van der Waals surface area contributed by atoms with E-state index in [-0.39, 0.29) is 39.6 Å². The van der Waals surface area contributed by atoms with E-state index in [9.17, 15) is 20.4 Å². The largest absolute Gasteiger partial charge is 0.389 e. The van der Waals surface area contributed by atoms with Crippen LogP contribution in [0.15, 0.2) is 0 Å². The molecule has 0 rings (SSSR count). The molecule has 12 heteroatoms. The highest BCUT2D eigenvalue weighted by atomic mass is 17.2. The summed E-state index contributed by atoms with van der Waals surface area (Å²) in [5, 5.41) is 43.2. The molecule has 0 aliphatic rings. The molecule has 12 nitrogen and oxygen atoms in total. The Morgan fingerprint density at radius 3 is 0.750 bits per heavy atom. The first-order valence-electron chi connectivity index (χ1n) is 25.1. The van der Waals surface area contributed by atoms with Gasteiger partial charge in [0.1, 0.15) is 0 Å². The molecule has 4 N–H and O–H groups in total. The molecule has 0 aromatic heterocycles. The standard InChI is InChI=1S/C48H100N2O10/c1-5-9-13-17-21-25-31-55-41-45(51)37-49(38-46(52)42-56-32-26-22-18-14-10-6-2)29-35-59-60-36-30-50(39-47(53)43-57-33-27-23-19-15-11-7-3)40-48(54)44-58-34-28-24-20-16-12-8-4/h45-48,51-54H,5-44H2,1-4H3. The zero-order valence-electron chi connectivity index (χ0n) is 39.7. The lowest BCUT2D eigenvalue weighted by atomic mass is 10.1. The molecule has 362 valence electrons. The zero-order chi connectivity index (χ0) is 44.0. The number of rotatable bonds is 51. The van der Waals surface area contributed by atoms with Crippen molar-refractivity contribution >= 4 is 0 Å². The minimum absolute atomic E-state index is 0.237. The van der Waals surface area contributed by atoms with Crippen LogP contribution in [0.3, 0.4) is 0 Å². The number of hydrogen-bond acceptors (Lipinski definition) is 12. The normalized spacial score (nSPS) is 14.1. The molecule has 4 atom stereocenters. The summed E-state index contributed by atoms with van der Waals surface area (Å²) >= 11 is 0. The van der Waals surface area contributed by atoms with E-state index >= 15 is 0 Å². The SMILES string of the molecule is CCCCCCCCOCC(O)CN(CCOOCCN(CC(O)COCCCCCCCC)CC(O)COCCCCCCCC)CC(O)COCCCCCCCC. The molecule has 0 aromatic rings. The summed E-state index contributed by atoms with van der Waals surface area (Å²) in [4.78, 5) is 15.1. The van der Waals surface area contributed by atoms with Crippen molar-refractivity contribution in [2.24, 2.45) is 0 Å². The van der Waals surface area contributed by atoms with Gasteiger partial charge in [-0.05, 0) is 25.7 Å².